The normalized spacial score (nSPS) is 17.4. The second-order valence-electron chi connectivity index (χ2n) is 6.86. The van der Waals surface area contributed by atoms with E-state index in [0.29, 0.717) is 12.1 Å². The van der Waals surface area contributed by atoms with E-state index in [4.69, 9.17) is 0 Å². The molecule has 0 spiro atoms. The molecule has 1 aromatic heterocycles. The number of imidazole rings is 1. The van der Waals surface area contributed by atoms with Gasteiger partial charge in [-0.05, 0) is 56.1 Å². The molecule has 6 nitrogen and oxygen atoms in total. The third kappa shape index (κ3) is 4.90. The molecule has 25 heavy (non-hydrogen) atoms. The summed E-state index contributed by atoms with van der Waals surface area (Å²) in [5, 5.41) is 13.0. The highest BCUT2D eigenvalue weighted by atomic mass is 16.3. The number of nitrogens with zero attached hydrogens (tertiary/aromatic N) is 3. The average Bonchev–Trinajstić information content (AvgIpc) is 3.16. The van der Waals surface area contributed by atoms with Crippen molar-refractivity contribution in [1.82, 2.24) is 19.8 Å². The highest BCUT2D eigenvalue weighted by Crippen LogP contribution is 2.16. The second-order valence-corrected chi connectivity index (χ2v) is 6.86. The standard InChI is InChI=1S/C19H26N4O2/c1-15-6-9-22(10-7-15)13-18(24)12-21-19(25)16-2-4-17(5-3-16)23-11-8-20-14-23/h2-5,8,11,14-15,18,24H,6-7,9-10,12-13H2,1H3,(H,21,25). The average molecular weight is 342 g/mol. The second kappa shape index (κ2) is 8.27. The molecule has 1 fully saturated rings. The van der Waals surface area contributed by atoms with Gasteiger partial charge in [-0.25, -0.2) is 4.98 Å². The fourth-order valence-corrected chi connectivity index (χ4v) is 3.12. The van der Waals surface area contributed by atoms with Crippen LogP contribution in [0.4, 0.5) is 0 Å². The van der Waals surface area contributed by atoms with Gasteiger partial charge in [-0.2, -0.15) is 0 Å². The predicted molar refractivity (Wildman–Crippen MR) is 96.7 cm³/mol. The van der Waals surface area contributed by atoms with E-state index < -0.39 is 6.10 Å². The zero-order valence-electron chi connectivity index (χ0n) is 14.6. The van der Waals surface area contributed by atoms with E-state index in [1.807, 2.05) is 22.9 Å². The fraction of sp³-hybridized carbons (Fsp3) is 0.474. The maximum Gasteiger partial charge on any atom is 0.251 e. The van der Waals surface area contributed by atoms with E-state index in [2.05, 4.69) is 22.1 Å². The summed E-state index contributed by atoms with van der Waals surface area (Å²) in [6.45, 7) is 5.22. The summed E-state index contributed by atoms with van der Waals surface area (Å²) in [6.07, 6.45) is 7.11. The molecule has 6 heteroatoms. The first kappa shape index (κ1) is 17.6. The number of amides is 1. The molecular weight excluding hydrogens is 316 g/mol. The highest BCUT2D eigenvalue weighted by Gasteiger charge is 2.18. The van der Waals surface area contributed by atoms with Crippen molar-refractivity contribution in [1.29, 1.82) is 0 Å². The molecule has 1 saturated heterocycles. The molecule has 134 valence electrons. The molecule has 1 unspecified atom stereocenters. The van der Waals surface area contributed by atoms with E-state index in [9.17, 15) is 9.90 Å². The van der Waals surface area contributed by atoms with Crippen LogP contribution < -0.4 is 5.32 Å². The maximum atomic E-state index is 12.2. The molecule has 0 saturated carbocycles. The molecule has 2 heterocycles. The topological polar surface area (TPSA) is 70.4 Å². The molecule has 0 bridgehead atoms. The van der Waals surface area contributed by atoms with Crippen LogP contribution in [0.1, 0.15) is 30.1 Å². The van der Waals surface area contributed by atoms with Crippen LogP contribution in [-0.2, 0) is 0 Å². The van der Waals surface area contributed by atoms with Crippen molar-refractivity contribution in [3.05, 3.63) is 48.5 Å². The van der Waals surface area contributed by atoms with Gasteiger partial charge in [0.1, 0.15) is 0 Å². The summed E-state index contributed by atoms with van der Waals surface area (Å²) in [5.41, 5.74) is 1.54. The predicted octanol–water partition coefficient (Wildman–Crippen LogP) is 1.69. The lowest BCUT2D eigenvalue weighted by molar-refractivity contribution is 0.0795. The smallest absolute Gasteiger partial charge is 0.251 e. The summed E-state index contributed by atoms with van der Waals surface area (Å²) >= 11 is 0. The van der Waals surface area contributed by atoms with Gasteiger partial charge in [-0.3, -0.25) is 4.79 Å². The van der Waals surface area contributed by atoms with Crippen LogP contribution in [0.15, 0.2) is 43.0 Å². The summed E-state index contributed by atoms with van der Waals surface area (Å²) in [6, 6.07) is 7.32. The van der Waals surface area contributed by atoms with Crippen molar-refractivity contribution in [2.24, 2.45) is 5.92 Å². The minimum absolute atomic E-state index is 0.163. The Hall–Kier alpha value is -2.18. The molecule has 2 aromatic rings. The van der Waals surface area contributed by atoms with Crippen molar-refractivity contribution in [2.75, 3.05) is 26.2 Å². The zero-order valence-corrected chi connectivity index (χ0v) is 14.6. The molecule has 1 aliphatic rings. The SMILES string of the molecule is CC1CCN(CC(O)CNC(=O)c2ccc(-n3ccnc3)cc2)CC1. The lowest BCUT2D eigenvalue weighted by Gasteiger charge is -2.31. The van der Waals surface area contributed by atoms with Gasteiger partial charge in [0.25, 0.3) is 5.91 Å². The minimum atomic E-state index is -0.539. The maximum absolute atomic E-state index is 12.2. The van der Waals surface area contributed by atoms with E-state index in [-0.39, 0.29) is 12.5 Å². The highest BCUT2D eigenvalue weighted by molar-refractivity contribution is 5.94. The lowest BCUT2D eigenvalue weighted by atomic mass is 9.99. The number of aliphatic hydroxyl groups is 1. The van der Waals surface area contributed by atoms with E-state index >= 15 is 0 Å². The van der Waals surface area contributed by atoms with Gasteiger partial charge in [-0.15, -0.1) is 0 Å². The Balaban J connectivity index is 1.45. The van der Waals surface area contributed by atoms with E-state index in [1.54, 1.807) is 24.7 Å². The minimum Gasteiger partial charge on any atom is -0.390 e. The Morgan fingerprint density at radius 2 is 2.04 bits per heavy atom. The van der Waals surface area contributed by atoms with Crippen molar-refractivity contribution in [3.63, 3.8) is 0 Å². The van der Waals surface area contributed by atoms with Crippen molar-refractivity contribution in [2.45, 2.75) is 25.9 Å². The van der Waals surface area contributed by atoms with Gasteiger partial charge in [0.2, 0.25) is 0 Å². The number of carbonyl (C=O) groups excluding carboxylic acids is 1. The third-order valence-corrected chi connectivity index (χ3v) is 4.78. The van der Waals surface area contributed by atoms with Crippen LogP contribution in [0, 0.1) is 5.92 Å². The van der Waals surface area contributed by atoms with Crippen molar-refractivity contribution < 1.29 is 9.90 Å². The summed E-state index contributed by atoms with van der Waals surface area (Å²) in [4.78, 5) is 18.5. The van der Waals surface area contributed by atoms with Gasteiger partial charge in [0, 0.05) is 36.7 Å². The van der Waals surface area contributed by atoms with Gasteiger partial charge >= 0.3 is 0 Å². The van der Waals surface area contributed by atoms with Crippen LogP contribution >= 0.6 is 0 Å². The van der Waals surface area contributed by atoms with Crippen LogP contribution in [0.25, 0.3) is 5.69 Å². The Morgan fingerprint density at radius 3 is 2.68 bits per heavy atom. The number of β-amino-alcohol motifs (C(OH)–C–C–N with tert-alkyl or cyclic N) is 1. The molecule has 2 N–H and O–H groups in total. The van der Waals surface area contributed by atoms with Gasteiger partial charge in [0.05, 0.1) is 12.4 Å². The Kier molecular flexibility index (Phi) is 5.83. The Labute approximate surface area is 148 Å². The monoisotopic (exact) mass is 342 g/mol. The van der Waals surface area contributed by atoms with Crippen LogP contribution in [-0.4, -0.2) is 57.7 Å². The molecule has 1 aliphatic heterocycles. The van der Waals surface area contributed by atoms with Crippen molar-refractivity contribution >= 4 is 5.91 Å². The summed E-state index contributed by atoms with van der Waals surface area (Å²) in [7, 11) is 0. The molecule has 3 rings (SSSR count). The number of rotatable bonds is 6. The number of carbonyl (C=O) groups is 1. The number of nitrogens with one attached hydrogen (secondary N) is 1. The molecular formula is C19H26N4O2. The molecule has 1 amide bonds. The zero-order chi connectivity index (χ0) is 17.6. The molecule has 1 atom stereocenters. The van der Waals surface area contributed by atoms with E-state index in [1.165, 1.54) is 12.8 Å². The quantitative estimate of drug-likeness (QED) is 0.838. The number of aromatic nitrogens is 2. The van der Waals surface area contributed by atoms with E-state index in [0.717, 1.165) is 24.7 Å². The molecule has 0 aliphatic carbocycles. The van der Waals surface area contributed by atoms with Gasteiger partial charge in [-0.1, -0.05) is 6.92 Å². The first-order chi connectivity index (χ1) is 12.1. The Morgan fingerprint density at radius 1 is 1.32 bits per heavy atom. The number of hydrogen-bond donors (Lipinski definition) is 2. The van der Waals surface area contributed by atoms with Gasteiger partial charge in [0.15, 0.2) is 0 Å². The number of benzene rings is 1. The summed E-state index contributed by atoms with van der Waals surface area (Å²) < 4.78 is 1.88. The van der Waals surface area contributed by atoms with Gasteiger partial charge < -0.3 is 19.9 Å². The number of piperidine rings is 1. The molecule has 1 aromatic carbocycles. The Bertz CT molecular complexity index is 661. The number of likely N-dealkylation sites (tertiary alicyclic amines) is 1. The van der Waals surface area contributed by atoms with Crippen LogP contribution in [0.3, 0.4) is 0 Å². The number of hydrogen-bond acceptors (Lipinski definition) is 4. The van der Waals surface area contributed by atoms with Crippen molar-refractivity contribution in [3.8, 4) is 5.69 Å². The van der Waals surface area contributed by atoms with Crippen LogP contribution in [0.2, 0.25) is 0 Å². The summed E-state index contributed by atoms with van der Waals surface area (Å²) in [5.74, 6) is 0.613. The first-order valence-corrected chi connectivity index (χ1v) is 8.89. The third-order valence-electron chi connectivity index (χ3n) is 4.78. The largest absolute Gasteiger partial charge is 0.390 e. The van der Waals surface area contributed by atoms with Crippen LogP contribution in [0.5, 0.6) is 0 Å². The number of aliphatic hydroxyl groups excluding tert-OH is 1. The fourth-order valence-electron chi connectivity index (χ4n) is 3.12. The first-order valence-electron chi connectivity index (χ1n) is 8.89. The lowest BCUT2D eigenvalue weighted by Crippen LogP contribution is -2.43. The molecule has 0 radical (unpaired) electrons.